The Kier molecular flexibility index (Phi) is 8.50. The van der Waals surface area contributed by atoms with Crippen LogP contribution in [0.3, 0.4) is 0 Å². The molecule has 2 N–H and O–H groups in total. The van der Waals surface area contributed by atoms with E-state index in [1.54, 1.807) is 6.20 Å². The normalized spacial score (nSPS) is 19.8. The second kappa shape index (κ2) is 12.2. The van der Waals surface area contributed by atoms with Crippen molar-refractivity contribution < 1.29 is 13.9 Å². The van der Waals surface area contributed by atoms with Crippen LogP contribution in [0.5, 0.6) is 0 Å². The van der Waals surface area contributed by atoms with Crippen LogP contribution in [-0.4, -0.2) is 35.7 Å². The summed E-state index contributed by atoms with van der Waals surface area (Å²) in [5.74, 6) is -1.06. The van der Waals surface area contributed by atoms with Gasteiger partial charge in [0.15, 0.2) is 0 Å². The Morgan fingerprint density at radius 1 is 1.05 bits per heavy atom. The zero-order valence-corrected chi connectivity index (χ0v) is 22.2. The minimum atomic E-state index is -0.394. The van der Waals surface area contributed by atoms with Crippen LogP contribution in [0.1, 0.15) is 68.1 Å². The van der Waals surface area contributed by atoms with Gasteiger partial charge in [-0.2, -0.15) is 0 Å². The lowest BCUT2D eigenvalue weighted by atomic mass is 9.81. The summed E-state index contributed by atoms with van der Waals surface area (Å²) in [7, 11) is 0. The van der Waals surface area contributed by atoms with Crippen molar-refractivity contribution in [2.45, 2.75) is 69.5 Å². The fourth-order valence-corrected chi connectivity index (χ4v) is 6.17. The molecule has 0 radical (unpaired) electrons. The van der Waals surface area contributed by atoms with Gasteiger partial charge >= 0.3 is 0 Å². The first-order chi connectivity index (χ1) is 18.5. The number of nitrogens with one attached hydrogen (secondary N) is 2. The van der Waals surface area contributed by atoms with Crippen molar-refractivity contribution in [3.8, 4) is 0 Å². The number of amides is 1. The van der Waals surface area contributed by atoms with E-state index in [9.17, 15) is 4.79 Å². The summed E-state index contributed by atoms with van der Waals surface area (Å²) in [6.45, 7) is 3.59. The van der Waals surface area contributed by atoms with Crippen LogP contribution in [0.25, 0.3) is 0 Å². The molecule has 0 unspecified atom stereocenters. The number of rotatable bonds is 8. The molecule has 1 aromatic heterocycles. The molecular formula is C32H38FN3O2. The molecule has 3 aromatic rings. The standard InChI is InChI=1S/C32H38FN3O2/c1-23(30(24-11-5-2-6-12-24)25-13-7-3-8-14-25)31(37)36-29-21-34-20-28(33)27(29)16-15-26-19-35-22-32(38-26)17-9-4-10-18-32/h2-3,5-8,11-14,20-21,23,26,30,35H,4,9-10,15-19,22H2,1H3,(H,36,37)/t23-,26+/m0/s1. The average molecular weight is 516 g/mol. The highest BCUT2D eigenvalue weighted by molar-refractivity contribution is 5.93. The second-order valence-electron chi connectivity index (χ2n) is 10.9. The predicted molar refractivity (Wildman–Crippen MR) is 149 cm³/mol. The molecule has 0 bridgehead atoms. The Morgan fingerprint density at radius 3 is 2.37 bits per heavy atom. The van der Waals surface area contributed by atoms with Crippen LogP contribution in [0.2, 0.25) is 0 Å². The number of morpholine rings is 1. The third kappa shape index (κ3) is 6.13. The molecular weight excluding hydrogens is 477 g/mol. The SMILES string of the molecule is C[C@H](C(=O)Nc1cncc(F)c1CC[C@@H]1CNCC2(CCCCC2)O1)C(c1ccccc1)c1ccccc1. The summed E-state index contributed by atoms with van der Waals surface area (Å²) in [6, 6.07) is 20.1. The lowest BCUT2D eigenvalue weighted by Crippen LogP contribution is -2.54. The van der Waals surface area contributed by atoms with Gasteiger partial charge in [0.25, 0.3) is 0 Å². The van der Waals surface area contributed by atoms with E-state index in [1.165, 1.54) is 25.5 Å². The van der Waals surface area contributed by atoms with E-state index in [0.717, 1.165) is 37.1 Å². The molecule has 1 spiro atoms. The van der Waals surface area contributed by atoms with Crippen molar-refractivity contribution >= 4 is 11.6 Å². The third-order valence-corrected chi connectivity index (χ3v) is 8.21. The number of halogens is 1. The smallest absolute Gasteiger partial charge is 0.228 e. The van der Waals surface area contributed by atoms with E-state index < -0.39 is 5.82 Å². The van der Waals surface area contributed by atoms with Crippen molar-refractivity contribution in [3.05, 3.63) is 95.6 Å². The molecule has 2 atom stereocenters. The number of hydrogen-bond donors (Lipinski definition) is 2. The molecule has 1 saturated carbocycles. The Labute approximate surface area is 225 Å². The quantitative estimate of drug-likeness (QED) is 0.372. The fraction of sp³-hybridized carbons (Fsp3) is 0.438. The molecule has 2 heterocycles. The van der Waals surface area contributed by atoms with Gasteiger partial charge in [-0.3, -0.25) is 9.78 Å². The van der Waals surface area contributed by atoms with E-state index >= 15 is 4.39 Å². The Hall–Kier alpha value is -3.09. The predicted octanol–water partition coefficient (Wildman–Crippen LogP) is 6.25. The monoisotopic (exact) mass is 515 g/mol. The summed E-state index contributed by atoms with van der Waals surface area (Å²) in [6.07, 6.45) is 9.83. The van der Waals surface area contributed by atoms with Crippen molar-refractivity contribution in [1.29, 1.82) is 0 Å². The number of ether oxygens (including phenoxy) is 1. The van der Waals surface area contributed by atoms with Gasteiger partial charge in [-0.1, -0.05) is 86.8 Å². The van der Waals surface area contributed by atoms with Crippen LogP contribution in [0, 0.1) is 11.7 Å². The van der Waals surface area contributed by atoms with Crippen LogP contribution >= 0.6 is 0 Å². The van der Waals surface area contributed by atoms with Crippen molar-refractivity contribution in [2.75, 3.05) is 18.4 Å². The Morgan fingerprint density at radius 2 is 1.71 bits per heavy atom. The van der Waals surface area contributed by atoms with Crippen LogP contribution < -0.4 is 10.6 Å². The molecule has 6 heteroatoms. The zero-order chi connectivity index (χ0) is 26.4. The maximum atomic E-state index is 15.0. The van der Waals surface area contributed by atoms with E-state index in [-0.39, 0.29) is 29.4 Å². The van der Waals surface area contributed by atoms with E-state index in [2.05, 4.69) is 15.6 Å². The number of carbonyl (C=O) groups is 1. The Balaban J connectivity index is 1.30. The van der Waals surface area contributed by atoms with E-state index in [1.807, 2.05) is 67.6 Å². The molecule has 2 aromatic carbocycles. The van der Waals surface area contributed by atoms with E-state index in [4.69, 9.17) is 4.74 Å². The third-order valence-electron chi connectivity index (χ3n) is 8.21. The number of carbonyl (C=O) groups excluding carboxylic acids is 1. The number of anilines is 1. The second-order valence-corrected chi connectivity index (χ2v) is 10.9. The lowest BCUT2D eigenvalue weighted by Gasteiger charge is -2.44. The molecule has 1 aliphatic carbocycles. The Bertz CT molecular complexity index is 1150. The maximum Gasteiger partial charge on any atom is 0.228 e. The zero-order valence-electron chi connectivity index (χ0n) is 22.2. The fourth-order valence-electron chi connectivity index (χ4n) is 6.17. The minimum absolute atomic E-state index is 0.0254. The first kappa shape index (κ1) is 26.5. The maximum absolute atomic E-state index is 15.0. The van der Waals surface area contributed by atoms with Gasteiger partial charge in [0.05, 0.1) is 29.8 Å². The molecule has 2 fully saturated rings. The molecule has 2 aliphatic rings. The van der Waals surface area contributed by atoms with Gasteiger partial charge in [0.1, 0.15) is 5.82 Å². The van der Waals surface area contributed by atoms with Gasteiger partial charge in [0.2, 0.25) is 5.91 Å². The summed E-state index contributed by atoms with van der Waals surface area (Å²) in [5, 5.41) is 6.57. The van der Waals surface area contributed by atoms with Crippen molar-refractivity contribution in [3.63, 3.8) is 0 Å². The van der Waals surface area contributed by atoms with Crippen LogP contribution in [0.4, 0.5) is 10.1 Å². The molecule has 200 valence electrons. The highest BCUT2D eigenvalue weighted by Crippen LogP contribution is 2.36. The van der Waals surface area contributed by atoms with Gasteiger partial charge in [0, 0.05) is 30.5 Å². The average Bonchev–Trinajstić information content (AvgIpc) is 2.94. The van der Waals surface area contributed by atoms with Gasteiger partial charge in [-0.25, -0.2) is 4.39 Å². The first-order valence-corrected chi connectivity index (χ1v) is 14.0. The number of nitrogens with zero attached hydrogens (tertiary/aromatic N) is 1. The van der Waals surface area contributed by atoms with Crippen LogP contribution in [-0.2, 0) is 16.0 Å². The summed E-state index contributed by atoms with van der Waals surface area (Å²) >= 11 is 0. The molecule has 1 saturated heterocycles. The van der Waals surface area contributed by atoms with Gasteiger partial charge in [-0.05, 0) is 36.8 Å². The molecule has 1 aliphatic heterocycles. The summed E-state index contributed by atoms with van der Waals surface area (Å²) in [5.41, 5.74) is 2.99. The highest BCUT2D eigenvalue weighted by Gasteiger charge is 2.38. The largest absolute Gasteiger partial charge is 0.369 e. The number of hydrogen-bond acceptors (Lipinski definition) is 4. The molecule has 5 nitrogen and oxygen atoms in total. The minimum Gasteiger partial charge on any atom is -0.369 e. The summed E-state index contributed by atoms with van der Waals surface area (Å²) < 4.78 is 21.6. The van der Waals surface area contributed by atoms with Crippen molar-refractivity contribution in [2.24, 2.45) is 5.92 Å². The lowest BCUT2D eigenvalue weighted by molar-refractivity contribution is -0.135. The first-order valence-electron chi connectivity index (χ1n) is 14.0. The van der Waals surface area contributed by atoms with Crippen LogP contribution in [0.15, 0.2) is 73.1 Å². The molecule has 5 rings (SSSR count). The van der Waals surface area contributed by atoms with Gasteiger partial charge in [-0.15, -0.1) is 0 Å². The topological polar surface area (TPSA) is 63.2 Å². The summed E-state index contributed by atoms with van der Waals surface area (Å²) in [4.78, 5) is 17.6. The number of benzene rings is 2. The van der Waals surface area contributed by atoms with Gasteiger partial charge < -0.3 is 15.4 Å². The number of aromatic nitrogens is 1. The number of pyridine rings is 1. The van der Waals surface area contributed by atoms with E-state index in [0.29, 0.717) is 24.1 Å². The molecule has 38 heavy (non-hydrogen) atoms. The molecule has 1 amide bonds. The highest BCUT2D eigenvalue weighted by atomic mass is 19.1. The van der Waals surface area contributed by atoms with Crippen molar-refractivity contribution in [1.82, 2.24) is 10.3 Å².